The van der Waals surface area contributed by atoms with Crippen LogP contribution in [0.4, 0.5) is 0 Å². The fraction of sp³-hybridized carbons (Fsp3) is 0.0833. The first kappa shape index (κ1) is 11.6. The van der Waals surface area contributed by atoms with Gasteiger partial charge in [-0.25, -0.2) is 4.79 Å². The van der Waals surface area contributed by atoms with Gasteiger partial charge < -0.3 is 5.11 Å². The minimum atomic E-state index is -1.07. The summed E-state index contributed by atoms with van der Waals surface area (Å²) in [5.41, 5.74) is 1.55. The van der Waals surface area contributed by atoms with Gasteiger partial charge in [-0.1, -0.05) is 12.1 Å². The maximum atomic E-state index is 10.6. The first-order chi connectivity index (χ1) is 8.20. The van der Waals surface area contributed by atoms with Gasteiger partial charge in [0, 0.05) is 10.5 Å². The van der Waals surface area contributed by atoms with Crippen LogP contribution in [-0.4, -0.2) is 27.5 Å². The quantitative estimate of drug-likeness (QED) is 0.843. The number of rotatable bonds is 3. The number of benzene rings is 1. The molecule has 0 fully saturated rings. The fourth-order valence-electron chi connectivity index (χ4n) is 1.36. The Bertz CT molecular complexity index is 523. The topological polar surface area (TPSA) is 63.1 Å². The Balaban J connectivity index is 2.29. The second kappa shape index (κ2) is 4.97. The van der Waals surface area contributed by atoms with Gasteiger partial charge >= 0.3 is 5.97 Å². The zero-order valence-electron chi connectivity index (χ0n) is 9.12. The SMILES string of the molecule is CSc1ccc(-c2ccc(C(=O)O)nn2)cc1. The number of aromatic nitrogens is 2. The molecule has 17 heavy (non-hydrogen) atoms. The van der Waals surface area contributed by atoms with Crippen molar-refractivity contribution < 1.29 is 9.90 Å². The minimum Gasteiger partial charge on any atom is -0.476 e. The van der Waals surface area contributed by atoms with E-state index in [9.17, 15) is 4.79 Å². The zero-order valence-corrected chi connectivity index (χ0v) is 9.94. The van der Waals surface area contributed by atoms with E-state index in [4.69, 9.17) is 5.11 Å². The Morgan fingerprint density at radius 1 is 1.12 bits per heavy atom. The highest BCUT2D eigenvalue weighted by atomic mass is 32.2. The Morgan fingerprint density at radius 2 is 1.82 bits per heavy atom. The van der Waals surface area contributed by atoms with E-state index < -0.39 is 5.97 Å². The molecule has 0 aliphatic heterocycles. The van der Waals surface area contributed by atoms with Gasteiger partial charge in [0.2, 0.25) is 0 Å². The standard InChI is InChI=1S/C12H10N2O2S/c1-17-9-4-2-8(3-5-9)10-6-7-11(12(15)16)14-13-10/h2-7H,1H3,(H,15,16). The summed E-state index contributed by atoms with van der Waals surface area (Å²) >= 11 is 1.67. The van der Waals surface area contributed by atoms with Crippen molar-refractivity contribution in [2.45, 2.75) is 4.90 Å². The van der Waals surface area contributed by atoms with E-state index in [0.29, 0.717) is 5.69 Å². The van der Waals surface area contributed by atoms with Crippen molar-refractivity contribution in [1.29, 1.82) is 0 Å². The summed E-state index contributed by atoms with van der Waals surface area (Å²) in [7, 11) is 0. The molecule has 4 nitrogen and oxygen atoms in total. The van der Waals surface area contributed by atoms with Crippen LogP contribution >= 0.6 is 11.8 Å². The highest BCUT2D eigenvalue weighted by Crippen LogP contribution is 2.21. The van der Waals surface area contributed by atoms with Crippen LogP contribution < -0.4 is 0 Å². The van der Waals surface area contributed by atoms with Gasteiger partial charge in [0.05, 0.1) is 5.69 Å². The van der Waals surface area contributed by atoms with Crippen LogP contribution in [0.5, 0.6) is 0 Å². The second-order valence-corrected chi connectivity index (χ2v) is 4.22. The molecule has 0 radical (unpaired) electrons. The molecule has 1 N–H and O–H groups in total. The van der Waals surface area contributed by atoms with Crippen LogP contribution in [0.25, 0.3) is 11.3 Å². The van der Waals surface area contributed by atoms with E-state index >= 15 is 0 Å². The third kappa shape index (κ3) is 2.62. The lowest BCUT2D eigenvalue weighted by Gasteiger charge is -2.01. The molecule has 1 aromatic carbocycles. The monoisotopic (exact) mass is 246 g/mol. The molecule has 2 rings (SSSR count). The normalized spacial score (nSPS) is 10.2. The number of carboxylic acid groups (broad SMARTS) is 1. The van der Waals surface area contributed by atoms with Crippen LogP contribution in [0.2, 0.25) is 0 Å². The number of thioether (sulfide) groups is 1. The fourth-order valence-corrected chi connectivity index (χ4v) is 1.77. The molecule has 1 heterocycles. The largest absolute Gasteiger partial charge is 0.476 e. The summed E-state index contributed by atoms with van der Waals surface area (Å²) in [6, 6.07) is 11.0. The predicted molar refractivity (Wildman–Crippen MR) is 66.2 cm³/mol. The highest BCUT2D eigenvalue weighted by molar-refractivity contribution is 7.98. The summed E-state index contributed by atoms with van der Waals surface area (Å²) < 4.78 is 0. The van der Waals surface area contributed by atoms with Crippen molar-refractivity contribution in [2.24, 2.45) is 0 Å². The summed E-state index contributed by atoms with van der Waals surface area (Å²) in [6.07, 6.45) is 2.01. The summed E-state index contributed by atoms with van der Waals surface area (Å²) in [4.78, 5) is 11.8. The van der Waals surface area contributed by atoms with Gasteiger partial charge in [0.25, 0.3) is 0 Å². The Morgan fingerprint density at radius 3 is 2.29 bits per heavy atom. The Hall–Kier alpha value is -1.88. The highest BCUT2D eigenvalue weighted by Gasteiger charge is 2.06. The summed E-state index contributed by atoms with van der Waals surface area (Å²) in [5.74, 6) is -1.07. The van der Waals surface area contributed by atoms with E-state index in [-0.39, 0.29) is 5.69 Å². The first-order valence-electron chi connectivity index (χ1n) is 4.92. The summed E-state index contributed by atoms with van der Waals surface area (Å²) in [6.45, 7) is 0. The molecule has 0 bridgehead atoms. The van der Waals surface area contributed by atoms with Crippen molar-refractivity contribution in [3.63, 3.8) is 0 Å². The second-order valence-electron chi connectivity index (χ2n) is 3.34. The average Bonchev–Trinajstić information content (AvgIpc) is 2.39. The van der Waals surface area contributed by atoms with Crippen LogP contribution in [0, 0.1) is 0 Å². The molecule has 2 aromatic rings. The molecule has 0 saturated heterocycles. The van der Waals surface area contributed by atoms with Crippen molar-refractivity contribution >= 4 is 17.7 Å². The molecule has 5 heteroatoms. The molecule has 1 aromatic heterocycles. The molecule has 0 aliphatic rings. The third-order valence-corrected chi connectivity index (χ3v) is 3.01. The van der Waals surface area contributed by atoms with E-state index in [1.54, 1.807) is 17.8 Å². The maximum Gasteiger partial charge on any atom is 0.356 e. The first-order valence-corrected chi connectivity index (χ1v) is 6.14. The molecule has 0 atom stereocenters. The van der Waals surface area contributed by atoms with Crippen molar-refractivity contribution in [3.8, 4) is 11.3 Å². The van der Waals surface area contributed by atoms with Crippen molar-refractivity contribution in [3.05, 3.63) is 42.1 Å². The van der Waals surface area contributed by atoms with Crippen LogP contribution in [0.3, 0.4) is 0 Å². The van der Waals surface area contributed by atoms with Gasteiger partial charge in [0.1, 0.15) is 0 Å². The number of carboxylic acids is 1. The maximum absolute atomic E-state index is 10.6. The lowest BCUT2D eigenvalue weighted by molar-refractivity contribution is 0.0689. The minimum absolute atomic E-state index is 0.0468. The molecule has 0 unspecified atom stereocenters. The lowest BCUT2D eigenvalue weighted by atomic mass is 10.1. The van der Waals surface area contributed by atoms with Gasteiger partial charge in [0.15, 0.2) is 5.69 Å². The van der Waals surface area contributed by atoms with Gasteiger partial charge in [-0.05, 0) is 30.5 Å². The number of nitrogens with zero attached hydrogens (tertiary/aromatic N) is 2. The molecule has 0 saturated carbocycles. The van der Waals surface area contributed by atoms with Crippen molar-refractivity contribution in [1.82, 2.24) is 10.2 Å². The lowest BCUT2D eigenvalue weighted by Crippen LogP contribution is -2.01. The molecular formula is C12H10N2O2S. The predicted octanol–water partition coefficient (Wildman–Crippen LogP) is 2.56. The number of hydrogen-bond donors (Lipinski definition) is 1. The molecule has 0 amide bonds. The van der Waals surface area contributed by atoms with Gasteiger partial charge in [-0.3, -0.25) is 0 Å². The van der Waals surface area contributed by atoms with E-state index in [2.05, 4.69) is 10.2 Å². The Labute approximate surface area is 103 Å². The van der Waals surface area contributed by atoms with E-state index in [0.717, 1.165) is 5.56 Å². The molecular weight excluding hydrogens is 236 g/mol. The number of aromatic carboxylic acids is 1. The Kier molecular flexibility index (Phi) is 3.39. The smallest absolute Gasteiger partial charge is 0.356 e. The van der Waals surface area contributed by atoms with Gasteiger partial charge in [-0.2, -0.15) is 0 Å². The summed E-state index contributed by atoms with van der Waals surface area (Å²) in [5, 5.41) is 16.2. The molecule has 0 aliphatic carbocycles. The van der Waals surface area contributed by atoms with Crippen LogP contribution in [-0.2, 0) is 0 Å². The van der Waals surface area contributed by atoms with Crippen LogP contribution in [0.15, 0.2) is 41.3 Å². The molecule has 0 spiro atoms. The number of carbonyl (C=O) groups is 1. The van der Waals surface area contributed by atoms with E-state index in [1.807, 2.05) is 30.5 Å². The van der Waals surface area contributed by atoms with E-state index in [1.165, 1.54) is 11.0 Å². The average molecular weight is 246 g/mol. The van der Waals surface area contributed by atoms with Crippen molar-refractivity contribution in [2.75, 3.05) is 6.26 Å². The number of hydrogen-bond acceptors (Lipinski definition) is 4. The zero-order chi connectivity index (χ0) is 12.3. The third-order valence-electron chi connectivity index (χ3n) is 2.27. The van der Waals surface area contributed by atoms with Crippen LogP contribution in [0.1, 0.15) is 10.5 Å². The molecule has 86 valence electrons. The van der Waals surface area contributed by atoms with Gasteiger partial charge in [-0.15, -0.1) is 22.0 Å².